The average Bonchev–Trinajstić information content (AvgIpc) is 3.14. The summed E-state index contributed by atoms with van der Waals surface area (Å²) >= 11 is 4.04. The van der Waals surface area contributed by atoms with Crippen molar-refractivity contribution in [3.63, 3.8) is 0 Å². The number of hydrogen-bond acceptors (Lipinski definition) is 7. The number of guanidine groups is 1. The molecule has 0 radical (unpaired) electrons. The Bertz CT molecular complexity index is 678. The second-order valence-corrected chi connectivity index (χ2v) is 6.34. The molecule has 0 aliphatic rings. The van der Waals surface area contributed by atoms with Crippen LogP contribution < -0.4 is 27.8 Å². The summed E-state index contributed by atoms with van der Waals surface area (Å²) in [7, 11) is 0. The first-order chi connectivity index (χ1) is 13.2. The van der Waals surface area contributed by atoms with E-state index in [0.717, 1.165) is 0 Å². The van der Waals surface area contributed by atoms with Gasteiger partial charge in [0, 0.05) is 30.6 Å². The van der Waals surface area contributed by atoms with Crippen LogP contribution in [0.2, 0.25) is 0 Å². The van der Waals surface area contributed by atoms with Gasteiger partial charge in [-0.3, -0.25) is 14.6 Å². The first-order valence-electron chi connectivity index (χ1n) is 8.47. The van der Waals surface area contributed by atoms with Crippen molar-refractivity contribution in [3.05, 3.63) is 18.2 Å². The normalized spacial score (nSPS) is 13.8. The topological polar surface area (TPSA) is 215 Å². The van der Waals surface area contributed by atoms with Gasteiger partial charge in [-0.15, -0.1) is 0 Å². The highest BCUT2D eigenvalue weighted by Crippen LogP contribution is 2.01. The van der Waals surface area contributed by atoms with Crippen LogP contribution in [-0.2, 0) is 20.8 Å². The molecule has 10 N–H and O–H groups in total. The lowest BCUT2D eigenvalue weighted by Crippen LogP contribution is -2.55. The minimum Gasteiger partial charge on any atom is -0.480 e. The summed E-state index contributed by atoms with van der Waals surface area (Å²) in [5.74, 6) is -2.53. The van der Waals surface area contributed by atoms with Crippen LogP contribution in [-0.4, -0.2) is 69.2 Å². The van der Waals surface area contributed by atoms with Gasteiger partial charge in [-0.25, -0.2) is 9.78 Å². The molecule has 3 unspecified atom stereocenters. The van der Waals surface area contributed by atoms with Gasteiger partial charge in [0.15, 0.2) is 5.96 Å². The van der Waals surface area contributed by atoms with Crippen LogP contribution in [0.3, 0.4) is 0 Å². The van der Waals surface area contributed by atoms with Gasteiger partial charge in [-0.1, -0.05) is 0 Å². The molecule has 0 saturated carbocycles. The zero-order chi connectivity index (χ0) is 21.1. The van der Waals surface area contributed by atoms with Gasteiger partial charge in [-0.05, 0) is 12.8 Å². The van der Waals surface area contributed by atoms with E-state index in [1.165, 1.54) is 12.5 Å². The van der Waals surface area contributed by atoms with Gasteiger partial charge in [0.2, 0.25) is 11.8 Å². The fourth-order valence-corrected chi connectivity index (χ4v) is 2.47. The molecule has 1 aromatic heterocycles. The summed E-state index contributed by atoms with van der Waals surface area (Å²) < 4.78 is 0. The van der Waals surface area contributed by atoms with Crippen LogP contribution in [0.25, 0.3) is 0 Å². The molecule has 2 amide bonds. The molecular weight excluding hydrogens is 388 g/mol. The number of imidazole rings is 1. The Balaban J connectivity index is 2.57. The van der Waals surface area contributed by atoms with Crippen molar-refractivity contribution < 1.29 is 19.5 Å². The number of carboxylic acid groups (broad SMARTS) is 1. The highest BCUT2D eigenvalue weighted by molar-refractivity contribution is 7.80. The van der Waals surface area contributed by atoms with E-state index in [0.29, 0.717) is 25.1 Å². The predicted octanol–water partition coefficient (Wildman–Crippen LogP) is -2.68. The largest absolute Gasteiger partial charge is 0.480 e. The van der Waals surface area contributed by atoms with Gasteiger partial charge >= 0.3 is 5.97 Å². The molecule has 1 heterocycles. The quantitative estimate of drug-likeness (QED) is 0.0778. The molecule has 0 bridgehead atoms. The number of nitrogens with zero attached hydrogens (tertiary/aromatic N) is 2. The maximum Gasteiger partial charge on any atom is 0.326 e. The summed E-state index contributed by atoms with van der Waals surface area (Å²) in [6.07, 6.45) is 3.66. The number of aromatic nitrogens is 2. The number of H-pyrrole nitrogens is 1. The van der Waals surface area contributed by atoms with E-state index < -0.39 is 35.9 Å². The third kappa shape index (κ3) is 8.26. The highest BCUT2D eigenvalue weighted by Gasteiger charge is 2.27. The molecule has 28 heavy (non-hydrogen) atoms. The highest BCUT2D eigenvalue weighted by atomic mass is 32.1. The fourth-order valence-electron chi connectivity index (χ4n) is 2.21. The lowest BCUT2D eigenvalue weighted by molar-refractivity contribution is -0.142. The summed E-state index contributed by atoms with van der Waals surface area (Å²) in [6, 6.07) is -3.10. The molecule has 0 spiro atoms. The van der Waals surface area contributed by atoms with Crippen LogP contribution in [0.5, 0.6) is 0 Å². The van der Waals surface area contributed by atoms with Crippen LogP contribution in [0.4, 0.5) is 0 Å². The Hall–Kier alpha value is -2.80. The van der Waals surface area contributed by atoms with Gasteiger partial charge in [0.05, 0.1) is 12.4 Å². The standard InChI is InChI=1S/C15H26N8O4S/c16-9(2-1-3-20-15(17)18)12(24)23-11(6-28)13(25)22-10(14(26)27)4-8-5-19-7-21-8/h5,7,9-11,28H,1-4,6,16H2,(H,19,21)(H,22,25)(H,23,24)(H,26,27)(H4,17,18,20). The smallest absolute Gasteiger partial charge is 0.326 e. The van der Waals surface area contributed by atoms with Gasteiger partial charge in [0.1, 0.15) is 12.1 Å². The maximum atomic E-state index is 12.4. The summed E-state index contributed by atoms with van der Waals surface area (Å²) in [5, 5.41) is 14.1. The van der Waals surface area contributed by atoms with Crippen molar-refractivity contribution in [1.82, 2.24) is 20.6 Å². The number of thiol groups is 1. The number of nitrogens with two attached hydrogens (primary N) is 3. The van der Waals surface area contributed by atoms with Crippen molar-refractivity contribution in [2.24, 2.45) is 22.2 Å². The van der Waals surface area contributed by atoms with Crippen LogP contribution in [0.1, 0.15) is 18.5 Å². The maximum absolute atomic E-state index is 12.4. The second kappa shape index (κ2) is 11.8. The van der Waals surface area contributed by atoms with Crippen molar-refractivity contribution >= 4 is 36.4 Å². The molecule has 156 valence electrons. The van der Waals surface area contributed by atoms with Crippen LogP contribution in [0.15, 0.2) is 17.5 Å². The van der Waals surface area contributed by atoms with E-state index >= 15 is 0 Å². The molecule has 3 atom stereocenters. The van der Waals surface area contributed by atoms with Crippen molar-refractivity contribution in [2.75, 3.05) is 12.3 Å². The van der Waals surface area contributed by atoms with Crippen LogP contribution in [0, 0.1) is 0 Å². The lowest BCUT2D eigenvalue weighted by atomic mass is 10.1. The minimum atomic E-state index is -1.22. The molecule has 0 aliphatic carbocycles. The molecule has 12 nitrogen and oxygen atoms in total. The molecule has 0 aromatic carbocycles. The number of hydrogen-bond donors (Lipinski definition) is 8. The average molecular weight is 414 g/mol. The Labute approximate surface area is 167 Å². The zero-order valence-corrected chi connectivity index (χ0v) is 16.1. The molecule has 13 heteroatoms. The van der Waals surface area contributed by atoms with Gasteiger partial charge in [0.25, 0.3) is 0 Å². The monoisotopic (exact) mass is 414 g/mol. The second-order valence-electron chi connectivity index (χ2n) is 5.98. The van der Waals surface area contributed by atoms with Crippen molar-refractivity contribution in [3.8, 4) is 0 Å². The number of carbonyl (C=O) groups is 3. The Morgan fingerprint density at radius 2 is 1.93 bits per heavy atom. The number of carboxylic acids is 1. The number of amides is 2. The molecule has 1 aromatic rings. The van der Waals surface area contributed by atoms with Crippen molar-refractivity contribution in [2.45, 2.75) is 37.4 Å². The Morgan fingerprint density at radius 3 is 2.46 bits per heavy atom. The summed E-state index contributed by atoms with van der Waals surface area (Å²) in [6.45, 7) is 0.327. The molecule has 1 rings (SSSR count). The third-order valence-electron chi connectivity index (χ3n) is 3.71. The molecule has 0 saturated heterocycles. The third-order valence-corrected chi connectivity index (χ3v) is 4.08. The zero-order valence-electron chi connectivity index (χ0n) is 15.2. The van der Waals surface area contributed by atoms with E-state index in [4.69, 9.17) is 17.2 Å². The number of nitrogens with one attached hydrogen (secondary N) is 3. The summed E-state index contributed by atoms with van der Waals surface area (Å²) in [4.78, 5) is 46.3. The van der Waals surface area contributed by atoms with E-state index in [2.05, 4.69) is 38.2 Å². The first-order valence-corrected chi connectivity index (χ1v) is 9.10. The molecule has 0 fully saturated rings. The Morgan fingerprint density at radius 1 is 1.25 bits per heavy atom. The number of aromatic amines is 1. The van der Waals surface area contributed by atoms with Gasteiger partial charge in [-0.2, -0.15) is 12.6 Å². The van der Waals surface area contributed by atoms with Gasteiger partial charge < -0.3 is 37.9 Å². The number of rotatable bonds is 12. The fraction of sp³-hybridized carbons (Fsp3) is 0.533. The predicted molar refractivity (Wildman–Crippen MR) is 106 cm³/mol. The number of aliphatic imine (C=N–C) groups is 1. The van der Waals surface area contributed by atoms with Crippen LogP contribution >= 0.6 is 12.6 Å². The van der Waals surface area contributed by atoms with Crippen molar-refractivity contribution in [1.29, 1.82) is 0 Å². The number of aliphatic carboxylic acids is 1. The Kier molecular flexibility index (Phi) is 9.81. The number of carbonyl (C=O) groups excluding carboxylic acids is 2. The molecular formula is C15H26N8O4S. The van der Waals surface area contributed by atoms with E-state index in [9.17, 15) is 19.5 Å². The first kappa shape index (κ1) is 23.2. The lowest BCUT2D eigenvalue weighted by Gasteiger charge is -2.21. The van der Waals surface area contributed by atoms with E-state index in [-0.39, 0.29) is 18.1 Å². The SMILES string of the molecule is NC(N)=NCCCC(N)C(=O)NC(CS)C(=O)NC(Cc1cnc[nH]1)C(=O)O. The molecule has 0 aliphatic heterocycles. The minimum absolute atomic E-state index is 0.0125. The van der Waals surface area contributed by atoms with E-state index in [1.807, 2.05) is 0 Å². The van der Waals surface area contributed by atoms with E-state index in [1.54, 1.807) is 0 Å². The summed E-state index contributed by atoms with van der Waals surface area (Å²) in [5.41, 5.74) is 16.7.